The van der Waals surface area contributed by atoms with Gasteiger partial charge in [0.2, 0.25) is 0 Å². The Balaban J connectivity index is 0.877. The Kier molecular flexibility index (Phi) is 8.79. The second-order valence-electron chi connectivity index (χ2n) is 19.6. The molecule has 2 heterocycles. The molecule has 2 heteroatoms. The van der Waals surface area contributed by atoms with Crippen LogP contribution in [0.4, 0.5) is 0 Å². The van der Waals surface area contributed by atoms with Crippen LogP contribution in [0.1, 0.15) is 42.9 Å². The van der Waals surface area contributed by atoms with Crippen LogP contribution in [0.25, 0.3) is 110 Å². The minimum Gasteiger partial charge on any atom is -0.310 e. The molecule has 0 fully saturated rings. The van der Waals surface area contributed by atoms with Gasteiger partial charge in [0.15, 0.2) is 0 Å². The van der Waals surface area contributed by atoms with Crippen molar-refractivity contribution in [3.63, 3.8) is 0 Å². The lowest BCUT2D eigenvalue weighted by Gasteiger charge is -2.22. The highest BCUT2D eigenvalue weighted by Crippen LogP contribution is 2.50. The smallest absolute Gasteiger partial charge is 0.0541 e. The average molecular weight is 881 g/mol. The van der Waals surface area contributed by atoms with Crippen LogP contribution in [0.5, 0.6) is 0 Å². The number of allylic oxidation sites excluding steroid dienone is 4. The zero-order valence-electron chi connectivity index (χ0n) is 38.7. The van der Waals surface area contributed by atoms with Crippen molar-refractivity contribution in [2.24, 2.45) is 0 Å². The second-order valence-corrected chi connectivity index (χ2v) is 19.6. The van der Waals surface area contributed by atoms with Gasteiger partial charge in [-0.25, -0.2) is 0 Å². The molecular formula is C67H48N2. The monoisotopic (exact) mass is 880 g/mol. The van der Waals surface area contributed by atoms with Crippen LogP contribution in [-0.2, 0) is 5.41 Å². The maximum Gasteiger partial charge on any atom is 0.0541 e. The van der Waals surface area contributed by atoms with Crippen molar-refractivity contribution in [1.29, 1.82) is 0 Å². The van der Waals surface area contributed by atoms with Crippen molar-refractivity contribution in [1.82, 2.24) is 9.13 Å². The standard InChI is InChI=1S/C67H48N2/c1-67(2)61-24-11-8-20-55(61)56-34-33-52(42-62(56)67)69-64-26-13-10-22-58(64)60-41-47(30-36-66(60)69)50-38-48(43-15-4-3-5-16-43)37-49(39-50)46-29-35-65-59(40-46)57-21-9-12-25-63(57)68(65)51-31-27-45(28-32-51)54-23-14-18-44-17-6-7-19-53(44)54/h3-27,29-42,45H,28H2,1-2H3. The van der Waals surface area contributed by atoms with E-state index < -0.39 is 0 Å². The van der Waals surface area contributed by atoms with Gasteiger partial charge in [0.1, 0.15) is 0 Å². The van der Waals surface area contributed by atoms with Gasteiger partial charge in [-0.05, 0) is 151 Å². The van der Waals surface area contributed by atoms with Crippen LogP contribution in [0.2, 0.25) is 0 Å². The third-order valence-corrected chi connectivity index (χ3v) is 15.4. The molecule has 14 rings (SSSR count). The second kappa shape index (κ2) is 15.3. The average Bonchev–Trinajstić information content (AvgIpc) is 4.00. The molecule has 0 saturated heterocycles. The molecule has 2 aliphatic rings. The minimum atomic E-state index is -0.0789. The molecule has 10 aromatic carbocycles. The summed E-state index contributed by atoms with van der Waals surface area (Å²) >= 11 is 0. The highest BCUT2D eigenvalue weighted by atomic mass is 15.0. The summed E-state index contributed by atoms with van der Waals surface area (Å²) in [5, 5.41) is 7.66. The lowest BCUT2D eigenvalue weighted by molar-refractivity contribution is 0.660. The number of aromatic nitrogens is 2. The Hall–Kier alpha value is -8.46. The number of hydrogen-bond donors (Lipinski definition) is 0. The molecule has 12 aromatic rings. The number of fused-ring (bicyclic) bond motifs is 10. The van der Waals surface area contributed by atoms with E-state index in [0.29, 0.717) is 5.92 Å². The van der Waals surface area contributed by atoms with Crippen LogP contribution in [0.3, 0.4) is 0 Å². The van der Waals surface area contributed by atoms with E-state index in [4.69, 9.17) is 0 Å². The molecule has 0 N–H and O–H groups in total. The van der Waals surface area contributed by atoms with E-state index in [0.717, 1.165) is 6.42 Å². The van der Waals surface area contributed by atoms with Crippen molar-refractivity contribution in [2.45, 2.75) is 31.6 Å². The Labute approximate surface area is 402 Å². The summed E-state index contributed by atoms with van der Waals surface area (Å²) in [5.74, 6) is 0.334. The van der Waals surface area contributed by atoms with Gasteiger partial charge in [0.25, 0.3) is 0 Å². The van der Waals surface area contributed by atoms with Gasteiger partial charge >= 0.3 is 0 Å². The first-order chi connectivity index (χ1) is 34.0. The van der Waals surface area contributed by atoms with Gasteiger partial charge in [-0.1, -0.05) is 178 Å². The summed E-state index contributed by atoms with van der Waals surface area (Å²) in [5.41, 5.74) is 21.3. The number of benzene rings is 10. The summed E-state index contributed by atoms with van der Waals surface area (Å²) in [6.07, 6.45) is 8.13. The lowest BCUT2D eigenvalue weighted by Crippen LogP contribution is -2.15. The predicted octanol–water partition coefficient (Wildman–Crippen LogP) is 17.9. The molecule has 1 atom stereocenters. The van der Waals surface area contributed by atoms with E-state index in [2.05, 4.69) is 260 Å². The molecular weight excluding hydrogens is 833 g/mol. The molecule has 0 amide bonds. The first kappa shape index (κ1) is 39.7. The lowest BCUT2D eigenvalue weighted by atomic mass is 9.82. The highest BCUT2D eigenvalue weighted by Gasteiger charge is 2.35. The third kappa shape index (κ3) is 6.18. The van der Waals surface area contributed by atoms with Crippen LogP contribution in [0, 0.1) is 0 Å². The van der Waals surface area contributed by atoms with Gasteiger partial charge in [0.05, 0.1) is 22.1 Å². The van der Waals surface area contributed by atoms with Crippen LogP contribution >= 0.6 is 0 Å². The zero-order chi connectivity index (χ0) is 45.8. The molecule has 2 aromatic heterocycles. The van der Waals surface area contributed by atoms with E-state index in [9.17, 15) is 0 Å². The van der Waals surface area contributed by atoms with E-state index in [1.807, 2.05) is 0 Å². The largest absolute Gasteiger partial charge is 0.310 e. The SMILES string of the molecule is CC1(C)c2ccccc2-c2ccc(-n3c4ccccc4c4cc(-c5cc(-c6ccccc6)cc(-c6ccc7c(c6)c6ccccc6n7C6=CCC(c7cccc8ccccc78)C=C6)c5)ccc43)cc21. The van der Waals surface area contributed by atoms with E-state index in [1.165, 1.54) is 127 Å². The molecule has 1 unspecified atom stereocenters. The molecule has 0 saturated carbocycles. The fourth-order valence-electron chi connectivity index (χ4n) is 12.0. The summed E-state index contributed by atoms with van der Waals surface area (Å²) in [4.78, 5) is 0. The first-order valence-corrected chi connectivity index (χ1v) is 24.4. The summed E-state index contributed by atoms with van der Waals surface area (Å²) in [6, 6.07) is 81.4. The van der Waals surface area contributed by atoms with Crippen molar-refractivity contribution >= 4 is 60.1 Å². The number of hydrogen-bond acceptors (Lipinski definition) is 0. The summed E-state index contributed by atoms with van der Waals surface area (Å²) in [6.45, 7) is 4.73. The normalized spacial score (nSPS) is 15.0. The van der Waals surface area contributed by atoms with Crippen LogP contribution in [0.15, 0.2) is 237 Å². The highest BCUT2D eigenvalue weighted by molar-refractivity contribution is 6.13. The maximum absolute atomic E-state index is 2.47. The van der Waals surface area contributed by atoms with Crippen LogP contribution in [-0.4, -0.2) is 9.13 Å². The van der Waals surface area contributed by atoms with Crippen molar-refractivity contribution in [3.05, 3.63) is 253 Å². The van der Waals surface area contributed by atoms with Gasteiger partial charge in [-0.15, -0.1) is 0 Å². The summed E-state index contributed by atoms with van der Waals surface area (Å²) < 4.78 is 4.93. The fraction of sp³-hybridized carbons (Fsp3) is 0.0746. The van der Waals surface area contributed by atoms with Crippen molar-refractivity contribution < 1.29 is 0 Å². The molecule has 2 aliphatic carbocycles. The molecule has 2 nitrogen and oxygen atoms in total. The topological polar surface area (TPSA) is 9.86 Å². The predicted molar refractivity (Wildman–Crippen MR) is 292 cm³/mol. The first-order valence-electron chi connectivity index (χ1n) is 24.4. The Morgan fingerprint density at radius 1 is 0.391 bits per heavy atom. The van der Waals surface area contributed by atoms with Gasteiger partial charge in [0, 0.05) is 44.3 Å². The number of para-hydroxylation sites is 2. The molecule has 0 radical (unpaired) electrons. The van der Waals surface area contributed by atoms with Gasteiger partial charge in [-0.2, -0.15) is 0 Å². The Morgan fingerprint density at radius 2 is 0.957 bits per heavy atom. The Morgan fingerprint density at radius 3 is 1.67 bits per heavy atom. The Bertz CT molecular complexity index is 4130. The number of rotatable bonds is 6. The molecule has 326 valence electrons. The third-order valence-electron chi connectivity index (χ3n) is 15.4. The summed E-state index contributed by atoms with van der Waals surface area (Å²) in [7, 11) is 0. The van der Waals surface area contributed by atoms with E-state index in [-0.39, 0.29) is 5.41 Å². The fourth-order valence-corrected chi connectivity index (χ4v) is 12.0. The molecule has 0 aliphatic heterocycles. The molecule has 69 heavy (non-hydrogen) atoms. The van der Waals surface area contributed by atoms with Crippen LogP contribution < -0.4 is 0 Å². The quantitative estimate of drug-likeness (QED) is 0.157. The molecule has 0 spiro atoms. The maximum atomic E-state index is 2.47. The van der Waals surface area contributed by atoms with Gasteiger partial charge < -0.3 is 9.13 Å². The van der Waals surface area contributed by atoms with Gasteiger partial charge in [-0.3, -0.25) is 0 Å². The van der Waals surface area contributed by atoms with E-state index in [1.54, 1.807) is 0 Å². The minimum absolute atomic E-state index is 0.0789. The molecule has 0 bridgehead atoms. The van der Waals surface area contributed by atoms with E-state index >= 15 is 0 Å². The van der Waals surface area contributed by atoms with Crippen molar-refractivity contribution in [3.8, 4) is 50.2 Å². The van der Waals surface area contributed by atoms with Crippen molar-refractivity contribution in [2.75, 3.05) is 0 Å². The number of nitrogens with zero attached hydrogens (tertiary/aromatic N) is 2. The zero-order valence-corrected chi connectivity index (χ0v) is 38.7.